The van der Waals surface area contributed by atoms with Crippen LogP contribution in [-0.2, 0) is 0 Å². The second-order valence-corrected chi connectivity index (χ2v) is 6.30. The Balaban J connectivity index is 2.19. The fraction of sp³-hybridized carbons (Fsp3) is 0.500. The van der Waals surface area contributed by atoms with E-state index in [-0.39, 0.29) is 17.3 Å². The fourth-order valence-electron chi connectivity index (χ4n) is 2.65. The van der Waals surface area contributed by atoms with Gasteiger partial charge in [0, 0.05) is 17.4 Å². The number of anilines is 1. The topological polar surface area (TPSA) is 92.5 Å². The first-order valence-corrected chi connectivity index (χ1v) is 8.11. The highest BCUT2D eigenvalue weighted by atomic mass is 32.2. The maximum Gasteiger partial charge on any atom is 0.335 e. The minimum absolute atomic E-state index is 0.0714. The average Bonchev–Trinajstić information content (AvgIpc) is 2.47. The highest BCUT2D eigenvalue weighted by Gasteiger charge is 2.24. The predicted octanol–water partition coefficient (Wildman–Crippen LogP) is 3.38. The molecule has 2 rings (SSSR count). The Morgan fingerprint density at radius 1 is 1.48 bits per heavy atom. The third kappa shape index (κ3) is 3.87. The number of nitrogens with zero attached hydrogens (tertiary/aromatic N) is 1. The zero-order valence-corrected chi connectivity index (χ0v) is 12.6. The first-order chi connectivity index (χ1) is 10.0. The summed E-state index contributed by atoms with van der Waals surface area (Å²) in [6.07, 6.45) is 6.31. The summed E-state index contributed by atoms with van der Waals surface area (Å²) in [5, 5.41) is 23.8. The first kappa shape index (κ1) is 15.6. The Morgan fingerprint density at radius 2 is 2.24 bits per heavy atom. The monoisotopic (exact) mass is 310 g/mol. The van der Waals surface area contributed by atoms with Crippen molar-refractivity contribution in [1.29, 1.82) is 0 Å². The predicted molar refractivity (Wildman–Crippen MR) is 83.2 cm³/mol. The Morgan fingerprint density at radius 3 is 2.86 bits per heavy atom. The molecule has 1 fully saturated rings. The van der Waals surface area contributed by atoms with Gasteiger partial charge in [-0.15, -0.1) is 0 Å². The van der Waals surface area contributed by atoms with Crippen molar-refractivity contribution in [3.05, 3.63) is 33.9 Å². The van der Waals surface area contributed by atoms with E-state index in [1.165, 1.54) is 18.6 Å². The van der Waals surface area contributed by atoms with E-state index in [0.717, 1.165) is 25.3 Å². The Hall–Kier alpha value is -1.76. The summed E-state index contributed by atoms with van der Waals surface area (Å²) in [5.74, 6) is -1.16. The number of nitrogens with one attached hydrogen (secondary N) is 1. The quantitative estimate of drug-likeness (QED) is 0.640. The van der Waals surface area contributed by atoms with Crippen molar-refractivity contribution in [3.63, 3.8) is 0 Å². The minimum atomic E-state index is -1.16. The van der Waals surface area contributed by atoms with E-state index in [1.807, 2.05) is 11.8 Å². The lowest BCUT2D eigenvalue weighted by atomic mass is 9.94. The Kier molecular flexibility index (Phi) is 5.06. The van der Waals surface area contributed by atoms with Crippen LogP contribution in [0, 0.1) is 10.1 Å². The van der Waals surface area contributed by atoms with Crippen molar-refractivity contribution in [3.8, 4) is 0 Å². The van der Waals surface area contributed by atoms with Crippen LogP contribution >= 0.6 is 11.8 Å². The molecule has 1 saturated carbocycles. The Labute approximate surface area is 127 Å². The lowest BCUT2D eigenvalue weighted by Crippen LogP contribution is -2.28. The third-order valence-corrected chi connectivity index (χ3v) is 4.86. The van der Waals surface area contributed by atoms with E-state index < -0.39 is 10.9 Å². The lowest BCUT2D eigenvalue weighted by Gasteiger charge is -2.29. The van der Waals surface area contributed by atoms with Gasteiger partial charge in [0.05, 0.1) is 10.5 Å². The molecule has 0 amide bonds. The standard InChI is InChI=1S/C14H18N2O4S/c1-21-11-4-2-3-10(8-11)15-12-6-5-9(14(17)18)7-13(12)16(19)20/h5-7,10-11,15H,2-4,8H2,1H3,(H,17,18). The van der Waals surface area contributed by atoms with Crippen LogP contribution in [0.5, 0.6) is 0 Å². The fourth-order valence-corrected chi connectivity index (χ4v) is 3.47. The van der Waals surface area contributed by atoms with Gasteiger partial charge in [-0.05, 0) is 37.7 Å². The number of benzene rings is 1. The van der Waals surface area contributed by atoms with Crippen LogP contribution in [0.4, 0.5) is 11.4 Å². The zero-order chi connectivity index (χ0) is 15.4. The van der Waals surface area contributed by atoms with Crippen molar-refractivity contribution in [2.75, 3.05) is 11.6 Å². The number of carbonyl (C=O) groups is 1. The molecule has 7 heteroatoms. The number of aromatic carboxylic acids is 1. The molecular weight excluding hydrogens is 292 g/mol. The maximum atomic E-state index is 11.1. The number of hydrogen-bond donors (Lipinski definition) is 2. The molecule has 0 aromatic heterocycles. The summed E-state index contributed by atoms with van der Waals surface area (Å²) in [5.41, 5.74) is 0.149. The van der Waals surface area contributed by atoms with Crippen molar-refractivity contribution in [2.24, 2.45) is 0 Å². The zero-order valence-electron chi connectivity index (χ0n) is 11.7. The van der Waals surface area contributed by atoms with Gasteiger partial charge >= 0.3 is 5.97 Å². The summed E-state index contributed by atoms with van der Waals surface area (Å²) < 4.78 is 0. The van der Waals surface area contributed by atoms with Gasteiger partial charge in [0.1, 0.15) is 5.69 Å². The molecule has 2 atom stereocenters. The summed E-state index contributed by atoms with van der Waals surface area (Å²) in [6.45, 7) is 0. The van der Waals surface area contributed by atoms with Gasteiger partial charge in [0.15, 0.2) is 0 Å². The minimum Gasteiger partial charge on any atom is -0.478 e. The summed E-state index contributed by atoms with van der Waals surface area (Å²) >= 11 is 1.83. The normalized spacial score (nSPS) is 21.8. The molecule has 21 heavy (non-hydrogen) atoms. The first-order valence-electron chi connectivity index (χ1n) is 6.82. The number of thioether (sulfide) groups is 1. The van der Waals surface area contributed by atoms with Crippen molar-refractivity contribution in [2.45, 2.75) is 37.0 Å². The number of nitro groups is 1. The van der Waals surface area contributed by atoms with Crippen LogP contribution in [0.1, 0.15) is 36.0 Å². The molecule has 2 unspecified atom stereocenters. The van der Waals surface area contributed by atoms with Gasteiger partial charge in [-0.3, -0.25) is 10.1 Å². The Bertz CT molecular complexity index is 550. The molecule has 0 heterocycles. The summed E-state index contributed by atoms with van der Waals surface area (Å²) in [7, 11) is 0. The molecule has 1 aliphatic carbocycles. The van der Waals surface area contributed by atoms with Crippen molar-refractivity contribution < 1.29 is 14.8 Å². The van der Waals surface area contributed by atoms with E-state index in [1.54, 1.807) is 0 Å². The maximum absolute atomic E-state index is 11.1. The second-order valence-electron chi connectivity index (χ2n) is 5.16. The SMILES string of the molecule is CSC1CCCC(Nc2ccc(C(=O)O)cc2[N+](=O)[O-])C1. The van der Waals surface area contributed by atoms with Crippen LogP contribution in [0.25, 0.3) is 0 Å². The molecule has 0 aliphatic heterocycles. The molecule has 2 N–H and O–H groups in total. The summed E-state index contributed by atoms with van der Waals surface area (Å²) in [4.78, 5) is 21.5. The van der Waals surface area contributed by atoms with E-state index in [2.05, 4.69) is 11.6 Å². The van der Waals surface area contributed by atoms with Crippen LogP contribution in [0.15, 0.2) is 18.2 Å². The molecular formula is C14H18N2O4S. The van der Waals surface area contributed by atoms with Crippen molar-refractivity contribution in [1.82, 2.24) is 0 Å². The molecule has 0 bridgehead atoms. The summed E-state index contributed by atoms with van der Waals surface area (Å²) in [6, 6.07) is 4.20. The molecule has 0 radical (unpaired) electrons. The van der Waals surface area contributed by atoms with Gasteiger partial charge in [-0.1, -0.05) is 6.42 Å². The third-order valence-electron chi connectivity index (χ3n) is 3.76. The van der Waals surface area contributed by atoms with Crippen LogP contribution in [-0.4, -0.2) is 33.5 Å². The van der Waals surface area contributed by atoms with E-state index >= 15 is 0 Å². The van der Waals surface area contributed by atoms with Gasteiger partial charge in [-0.2, -0.15) is 11.8 Å². The van der Waals surface area contributed by atoms with Gasteiger partial charge in [0.25, 0.3) is 5.69 Å². The molecule has 0 saturated heterocycles. The number of rotatable bonds is 5. The van der Waals surface area contributed by atoms with Crippen LogP contribution in [0.3, 0.4) is 0 Å². The van der Waals surface area contributed by atoms with Gasteiger partial charge in [0.2, 0.25) is 0 Å². The molecule has 114 valence electrons. The highest BCUT2D eigenvalue weighted by molar-refractivity contribution is 7.99. The number of nitro benzene ring substituents is 1. The van der Waals surface area contributed by atoms with Gasteiger partial charge in [-0.25, -0.2) is 4.79 Å². The van der Waals surface area contributed by atoms with Crippen molar-refractivity contribution >= 4 is 29.1 Å². The molecule has 1 aliphatic rings. The number of hydrogen-bond acceptors (Lipinski definition) is 5. The van der Waals surface area contributed by atoms with Gasteiger partial charge < -0.3 is 10.4 Å². The highest BCUT2D eigenvalue weighted by Crippen LogP contribution is 2.32. The molecule has 0 spiro atoms. The van der Waals surface area contributed by atoms with Crippen LogP contribution in [0.2, 0.25) is 0 Å². The molecule has 6 nitrogen and oxygen atoms in total. The molecule has 1 aromatic carbocycles. The molecule has 1 aromatic rings. The average molecular weight is 310 g/mol. The number of carboxylic acids is 1. The smallest absolute Gasteiger partial charge is 0.335 e. The lowest BCUT2D eigenvalue weighted by molar-refractivity contribution is -0.384. The largest absolute Gasteiger partial charge is 0.478 e. The second kappa shape index (κ2) is 6.80. The van der Waals surface area contributed by atoms with Crippen LogP contribution < -0.4 is 5.32 Å². The van der Waals surface area contributed by atoms with E-state index in [9.17, 15) is 14.9 Å². The van der Waals surface area contributed by atoms with E-state index in [4.69, 9.17) is 5.11 Å². The van der Waals surface area contributed by atoms with E-state index in [0.29, 0.717) is 10.9 Å². The number of carboxylic acid groups (broad SMARTS) is 1.